The summed E-state index contributed by atoms with van der Waals surface area (Å²) >= 11 is 0. The number of aromatic nitrogens is 2. The number of nitro benzene ring substituents is 1. The standard InChI is InChI=1S/C12H9N5O4/c18-11(8-3-1-2-4-10(8)17(20)21)15-16-12(19)9-7-13-5-6-14-9/h1-7H,(H,15,18)(H,16,19). The van der Waals surface area contributed by atoms with Gasteiger partial charge in [0.25, 0.3) is 17.5 Å². The van der Waals surface area contributed by atoms with Gasteiger partial charge in [0, 0.05) is 18.5 Å². The Morgan fingerprint density at radius 3 is 2.48 bits per heavy atom. The number of para-hydroxylation sites is 1. The van der Waals surface area contributed by atoms with Gasteiger partial charge in [0.15, 0.2) is 0 Å². The second-order valence-electron chi connectivity index (χ2n) is 3.77. The van der Waals surface area contributed by atoms with Gasteiger partial charge in [-0.2, -0.15) is 0 Å². The van der Waals surface area contributed by atoms with Crippen molar-refractivity contribution in [1.82, 2.24) is 20.8 Å². The van der Waals surface area contributed by atoms with Gasteiger partial charge in [-0.25, -0.2) is 4.98 Å². The largest absolute Gasteiger partial charge is 0.289 e. The molecule has 0 saturated heterocycles. The molecule has 9 nitrogen and oxygen atoms in total. The van der Waals surface area contributed by atoms with Gasteiger partial charge < -0.3 is 0 Å². The molecule has 0 aliphatic heterocycles. The molecular formula is C12H9N5O4. The fourth-order valence-corrected chi connectivity index (χ4v) is 1.49. The Balaban J connectivity index is 2.06. The summed E-state index contributed by atoms with van der Waals surface area (Å²) in [6, 6.07) is 5.39. The average molecular weight is 287 g/mol. The van der Waals surface area contributed by atoms with Crippen LogP contribution in [0.1, 0.15) is 20.8 Å². The van der Waals surface area contributed by atoms with Crippen LogP contribution in [0.25, 0.3) is 0 Å². The van der Waals surface area contributed by atoms with Gasteiger partial charge in [-0.3, -0.25) is 35.5 Å². The molecule has 2 rings (SSSR count). The summed E-state index contributed by atoms with van der Waals surface area (Å²) in [5, 5.41) is 10.8. The second-order valence-corrected chi connectivity index (χ2v) is 3.77. The summed E-state index contributed by atoms with van der Waals surface area (Å²) in [7, 11) is 0. The normalized spacial score (nSPS) is 9.71. The molecule has 0 bridgehead atoms. The van der Waals surface area contributed by atoms with E-state index in [2.05, 4.69) is 20.8 Å². The molecule has 106 valence electrons. The summed E-state index contributed by atoms with van der Waals surface area (Å²) in [6.45, 7) is 0. The van der Waals surface area contributed by atoms with Crippen LogP contribution < -0.4 is 10.9 Å². The first-order valence-electron chi connectivity index (χ1n) is 5.69. The molecule has 0 saturated carbocycles. The minimum atomic E-state index is -0.806. The fourth-order valence-electron chi connectivity index (χ4n) is 1.49. The number of rotatable bonds is 3. The van der Waals surface area contributed by atoms with E-state index in [9.17, 15) is 19.7 Å². The first kappa shape index (κ1) is 14.1. The third kappa shape index (κ3) is 3.35. The zero-order valence-electron chi connectivity index (χ0n) is 10.5. The summed E-state index contributed by atoms with van der Waals surface area (Å²) in [4.78, 5) is 41.0. The lowest BCUT2D eigenvalue weighted by Gasteiger charge is -2.06. The number of carbonyl (C=O) groups is 2. The van der Waals surface area contributed by atoms with E-state index in [1.165, 1.54) is 42.9 Å². The molecule has 2 N–H and O–H groups in total. The van der Waals surface area contributed by atoms with Crippen LogP contribution in [0.3, 0.4) is 0 Å². The highest BCUT2D eigenvalue weighted by Gasteiger charge is 2.19. The monoisotopic (exact) mass is 287 g/mol. The molecule has 0 aliphatic rings. The minimum Gasteiger partial charge on any atom is -0.267 e. The molecule has 1 aromatic heterocycles. The van der Waals surface area contributed by atoms with Crippen LogP contribution in [0.2, 0.25) is 0 Å². The number of nitrogens with one attached hydrogen (secondary N) is 2. The lowest BCUT2D eigenvalue weighted by Crippen LogP contribution is -2.42. The molecule has 2 aromatic rings. The lowest BCUT2D eigenvalue weighted by atomic mass is 10.2. The molecule has 0 aliphatic carbocycles. The number of carbonyl (C=O) groups excluding carboxylic acids is 2. The quantitative estimate of drug-likeness (QED) is 0.623. The number of amides is 2. The number of hydrazine groups is 1. The van der Waals surface area contributed by atoms with Gasteiger partial charge in [-0.1, -0.05) is 12.1 Å². The number of benzene rings is 1. The van der Waals surface area contributed by atoms with E-state index in [4.69, 9.17) is 0 Å². The van der Waals surface area contributed by atoms with E-state index in [1.807, 2.05) is 0 Å². The van der Waals surface area contributed by atoms with Crippen LogP contribution >= 0.6 is 0 Å². The predicted molar refractivity (Wildman–Crippen MR) is 70.1 cm³/mol. The first-order valence-corrected chi connectivity index (χ1v) is 5.69. The van der Waals surface area contributed by atoms with Crippen LogP contribution in [-0.2, 0) is 0 Å². The number of hydrogen-bond donors (Lipinski definition) is 2. The molecule has 1 heterocycles. The van der Waals surface area contributed by atoms with Gasteiger partial charge in [0.2, 0.25) is 0 Å². The maximum absolute atomic E-state index is 11.8. The van der Waals surface area contributed by atoms with Crippen molar-refractivity contribution in [2.75, 3.05) is 0 Å². The summed E-state index contributed by atoms with van der Waals surface area (Å²) in [5.74, 6) is -1.49. The van der Waals surface area contributed by atoms with Crippen LogP contribution in [-0.4, -0.2) is 26.7 Å². The zero-order valence-corrected chi connectivity index (χ0v) is 10.5. The number of nitrogens with zero attached hydrogens (tertiary/aromatic N) is 3. The highest BCUT2D eigenvalue weighted by atomic mass is 16.6. The molecule has 0 radical (unpaired) electrons. The third-order valence-corrected chi connectivity index (χ3v) is 2.43. The summed E-state index contributed by atoms with van der Waals surface area (Å²) < 4.78 is 0. The van der Waals surface area contributed by atoms with Gasteiger partial charge in [-0.15, -0.1) is 0 Å². The van der Waals surface area contributed by atoms with Crippen molar-refractivity contribution in [1.29, 1.82) is 0 Å². The van der Waals surface area contributed by atoms with E-state index in [0.717, 1.165) is 0 Å². The SMILES string of the molecule is O=C(NNC(=O)c1ccccc1[N+](=O)[O-])c1cnccn1. The molecule has 1 aromatic carbocycles. The highest BCUT2D eigenvalue weighted by Crippen LogP contribution is 2.16. The zero-order chi connectivity index (χ0) is 15.2. The molecular weight excluding hydrogens is 278 g/mol. The molecule has 0 fully saturated rings. The van der Waals surface area contributed by atoms with Gasteiger partial charge in [0.05, 0.1) is 11.1 Å². The maximum Gasteiger partial charge on any atom is 0.289 e. The summed E-state index contributed by atoms with van der Waals surface area (Å²) in [6.07, 6.45) is 3.92. The molecule has 0 atom stereocenters. The minimum absolute atomic E-state index is 0.000335. The van der Waals surface area contributed by atoms with E-state index in [0.29, 0.717) is 0 Å². The Hall–Kier alpha value is -3.36. The van der Waals surface area contributed by atoms with Crippen LogP contribution in [0, 0.1) is 10.1 Å². The van der Waals surface area contributed by atoms with Crippen molar-refractivity contribution in [2.45, 2.75) is 0 Å². The van der Waals surface area contributed by atoms with Gasteiger partial charge >= 0.3 is 0 Å². The highest BCUT2D eigenvalue weighted by molar-refractivity contribution is 6.00. The van der Waals surface area contributed by atoms with Crippen LogP contribution in [0.15, 0.2) is 42.9 Å². The predicted octanol–water partition coefficient (Wildman–Crippen LogP) is 0.460. The molecule has 21 heavy (non-hydrogen) atoms. The van der Waals surface area contributed by atoms with Crippen LogP contribution in [0.4, 0.5) is 5.69 Å². The molecule has 0 spiro atoms. The van der Waals surface area contributed by atoms with Crippen molar-refractivity contribution < 1.29 is 14.5 Å². The van der Waals surface area contributed by atoms with Gasteiger partial charge in [-0.05, 0) is 6.07 Å². The van der Waals surface area contributed by atoms with E-state index >= 15 is 0 Å². The van der Waals surface area contributed by atoms with E-state index in [1.54, 1.807) is 0 Å². The average Bonchev–Trinajstić information content (AvgIpc) is 2.53. The van der Waals surface area contributed by atoms with Crippen molar-refractivity contribution >= 4 is 17.5 Å². The lowest BCUT2D eigenvalue weighted by molar-refractivity contribution is -0.385. The first-order chi connectivity index (χ1) is 10.1. The maximum atomic E-state index is 11.8. The van der Waals surface area contributed by atoms with Crippen molar-refractivity contribution in [3.8, 4) is 0 Å². The Bertz CT molecular complexity index is 689. The summed E-state index contributed by atoms with van der Waals surface area (Å²) in [5.41, 5.74) is 3.66. The van der Waals surface area contributed by atoms with Gasteiger partial charge in [0.1, 0.15) is 11.3 Å². The fraction of sp³-hybridized carbons (Fsp3) is 0. The van der Waals surface area contributed by atoms with Crippen molar-refractivity contribution in [3.05, 3.63) is 64.2 Å². The van der Waals surface area contributed by atoms with E-state index in [-0.39, 0.29) is 16.9 Å². The van der Waals surface area contributed by atoms with Crippen molar-refractivity contribution in [3.63, 3.8) is 0 Å². The number of nitro groups is 1. The van der Waals surface area contributed by atoms with E-state index < -0.39 is 16.7 Å². The van der Waals surface area contributed by atoms with Crippen molar-refractivity contribution in [2.24, 2.45) is 0 Å². The Labute approximate surface area is 118 Å². The molecule has 0 unspecified atom stereocenters. The Morgan fingerprint density at radius 1 is 1.10 bits per heavy atom. The molecule has 2 amide bonds. The molecule has 9 heteroatoms. The topological polar surface area (TPSA) is 127 Å². The Morgan fingerprint density at radius 2 is 1.81 bits per heavy atom. The number of hydrogen-bond acceptors (Lipinski definition) is 6. The smallest absolute Gasteiger partial charge is 0.267 e. The van der Waals surface area contributed by atoms with Crippen LogP contribution in [0.5, 0.6) is 0 Å². The Kier molecular flexibility index (Phi) is 4.14. The second kappa shape index (κ2) is 6.19. The third-order valence-electron chi connectivity index (χ3n) is 2.43.